The fraction of sp³-hybridized carbons (Fsp3) is 0.379. The SMILES string of the molecule is CN1CCC(NCc2ccc(-c3nnc(-c4nc(-c5ccc6c(c5)C(F)C(C)(C)S6=O)cnc4N)o3)cc2)CC1. The van der Waals surface area contributed by atoms with E-state index >= 15 is 4.39 Å². The Morgan fingerprint density at radius 3 is 2.55 bits per heavy atom. The first-order chi connectivity index (χ1) is 19.2. The van der Waals surface area contributed by atoms with Gasteiger partial charge in [-0.1, -0.05) is 18.2 Å². The Balaban J connectivity index is 1.19. The Labute approximate surface area is 234 Å². The molecule has 0 radical (unpaired) electrons. The molecule has 1 saturated heterocycles. The van der Waals surface area contributed by atoms with Crippen molar-refractivity contribution in [2.45, 2.75) is 55.1 Å². The maximum absolute atomic E-state index is 15.1. The van der Waals surface area contributed by atoms with Gasteiger partial charge in [-0.3, -0.25) is 4.21 Å². The summed E-state index contributed by atoms with van der Waals surface area (Å²) in [5.41, 5.74) is 9.85. The van der Waals surface area contributed by atoms with Crippen LogP contribution in [0.4, 0.5) is 10.2 Å². The van der Waals surface area contributed by atoms with E-state index in [1.165, 1.54) is 11.8 Å². The standard InChI is InChI=1S/C29H32FN7O2S/c1-29(2)25(30)21-14-19(8-9-23(21)40(29)38)22-16-33-26(31)24(34-22)28-36-35-27(39-28)18-6-4-17(5-7-18)15-32-20-10-12-37(3)13-11-20/h4-9,14,16,20,25,32H,10-13,15H2,1-3H3,(H2,31,33). The van der Waals surface area contributed by atoms with Gasteiger partial charge >= 0.3 is 0 Å². The van der Waals surface area contributed by atoms with Crippen LogP contribution >= 0.6 is 0 Å². The number of halogens is 1. The second-order valence-electron chi connectivity index (χ2n) is 11.0. The van der Waals surface area contributed by atoms with Gasteiger partial charge in [-0.05, 0) is 76.7 Å². The molecule has 4 aromatic rings. The predicted molar refractivity (Wildman–Crippen MR) is 152 cm³/mol. The normalized spacial score (nSPS) is 21.0. The lowest BCUT2D eigenvalue weighted by Crippen LogP contribution is -2.40. The molecule has 2 atom stereocenters. The van der Waals surface area contributed by atoms with Crippen molar-refractivity contribution >= 4 is 16.6 Å². The van der Waals surface area contributed by atoms with Gasteiger partial charge in [-0.15, -0.1) is 10.2 Å². The summed E-state index contributed by atoms with van der Waals surface area (Å²) < 4.78 is 32.7. The van der Waals surface area contributed by atoms with E-state index in [0.29, 0.717) is 33.6 Å². The van der Waals surface area contributed by atoms with Crippen molar-refractivity contribution in [2.24, 2.45) is 0 Å². The third kappa shape index (κ3) is 4.93. The lowest BCUT2D eigenvalue weighted by Gasteiger charge is -2.29. The number of nitrogens with zero attached hydrogens (tertiary/aromatic N) is 5. The molecule has 0 bridgehead atoms. The summed E-state index contributed by atoms with van der Waals surface area (Å²) in [4.78, 5) is 11.8. The Kier molecular flexibility index (Phi) is 6.97. The maximum Gasteiger partial charge on any atom is 0.270 e. The van der Waals surface area contributed by atoms with Gasteiger partial charge in [0.15, 0.2) is 11.5 Å². The number of nitrogen functional groups attached to an aromatic ring is 1. The Morgan fingerprint density at radius 2 is 1.80 bits per heavy atom. The molecule has 2 unspecified atom stereocenters. The van der Waals surface area contributed by atoms with Crippen molar-refractivity contribution < 1.29 is 13.0 Å². The monoisotopic (exact) mass is 561 g/mol. The summed E-state index contributed by atoms with van der Waals surface area (Å²) in [5.74, 6) is 0.626. The third-order valence-corrected chi connectivity index (χ3v) is 9.74. The van der Waals surface area contributed by atoms with Crippen molar-refractivity contribution in [1.29, 1.82) is 0 Å². The number of nitrogens with one attached hydrogen (secondary N) is 1. The fourth-order valence-corrected chi connectivity index (χ4v) is 6.65. The molecule has 208 valence electrons. The minimum Gasteiger partial charge on any atom is -0.414 e. The molecule has 0 aliphatic carbocycles. The van der Waals surface area contributed by atoms with Crippen LogP contribution in [0.1, 0.15) is 44.0 Å². The highest BCUT2D eigenvalue weighted by Gasteiger charge is 2.46. The predicted octanol–water partition coefficient (Wildman–Crippen LogP) is 4.54. The van der Waals surface area contributed by atoms with Crippen LogP contribution in [-0.4, -0.2) is 60.2 Å². The smallest absolute Gasteiger partial charge is 0.270 e. The number of nitrogens with two attached hydrogens (primary N) is 1. The largest absolute Gasteiger partial charge is 0.414 e. The van der Waals surface area contributed by atoms with Crippen LogP contribution in [0.15, 0.2) is 58.0 Å². The summed E-state index contributed by atoms with van der Waals surface area (Å²) in [6.45, 7) is 6.40. The van der Waals surface area contributed by atoms with E-state index in [9.17, 15) is 4.21 Å². The molecular weight excluding hydrogens is 529 g/mol. The quantitative estimate of drug-likeness (QED) is 0.349. The summed E-state index contributed by atoms with van der Waals surface area (Å²) in [6.07, 6.45) is 2.49. The van der Waals surface area contributed by atoms with Gasteiger partial charge in [0.2, 0.25) is 5.89 Å². The highest BCUT2D eigenvalue weighted by Crippen LogP contribution is 2.47. The molecule has 0 amide bonds. The number of alkyl halides is 1. The fourth-order valence-electron chi connectivity index (χ4n) is 5.20. The molecule has 9 nitrogen and oxygen atoms in total. The average molecular weight is 562 g/mol. The number of rotatable bonds is 6. The van der Waals surface area contributed by atoms with E-state index in [4.69, 9.17) is 10.2 Å². The van der Waals surface area contributed by atoms with E-state index in [1.54, 1.807) is 32.0 Å². The summed E-state index contributed by atoms with van der Waals surface area (Å²) in [7, 11) is 0.733. The second-order valence-corrected chi connectivity index (χ2v) is 13.1. The van der Waals surface area contributed by atoms with E-state index in [-0.39, 0.29) is 17.4 Å². The van der Waals surface area contributed by atoms with E-state index in [0.717, 1.165) is 38.0 Å². The topological polar surface area (TPSA) is 123 Å². The molecule has 2 aliphatic rings. The lowest BCUT2D eigenvalue weighted by atomic mass is 9.98. The molecule has 11 heteroatoms. The molecule has 6 rings (SSSR count). The molecule has 2 aromatic heterocycles. The summed E-state index contributed by atoms with van der Waals surface area (Å²) >= 11 is 0. The minimum absolute atomic E-state index is 0.140. The van der Waals surface area contributed by atoms with Crippen molar-refractivity contribution in [1.82, 2.24) is 30.4 Å². The van der Waals surface area contributed by atoms with Crippen molar-refractivity contribution in [2.75, 3.05) is 25.9 Å². The molecule has 4 heterocycles. The number of piperidine rings is 1. The van der Waals surface area contributed by atoms with E-state index in [2.05, 4.69) is 49.6 Å². The molecule has 2 aliphatic heterocycles. The molecule has 40 heavy (non-hydrogen) atoms. The number of likely N-dealkylation sites (tertiary alicyclic amines) is 1. The summed E-state index contributed by atoms with van der Waals surface area (Å²) in [6, 6.07) is 13.7. The van der Waals surface area contributed by atoms with Crippen LogP contribution in [0.5, 0.6) is 0 Å². The Hall–Kier alpha value is -3.54. The van der Waals surface area contributed by atoms with Crippen molar-refractivity contribution in [3.63, 3.8) is 0 Å². The molecule has 0 spiro atoms. The van der Waals surface area contributed by atoms with Gasteiger partial charge < -0.3 is 20.4 Å². The first-order valence-corrected chi connectivity index (χ1v) is 14.5. The average Bonchev–Trinajstić information content (AvgIpc) is 3.52. The number of benzene rings is 2. The first-order valence-electron chi connectivity index (χ1n) is 13.4. The maximum atomic E-state index is 15.1. The number of hydrogen-bond donors (Lipinski definition) is 2. The zero-order valence-electron chi connectivity index (χ0n) is 22.7. The molecule has 1 fully saturated rings. The summed E-state index contributed by atoms with van der Waals surface area (Å²) in [5, 5.41) is 12.0. The number of fused-ring (bicyclic) bond motifs is 1. The number of anilines is 1. The van der Waals surface area contributed by atoms with Crippen molar-refractivity contribution in [3.05, 3.63) is 59.8 Å². The Morgan fingerprint density at radius 1 is 1.10 bits per heavy atom. The number of hydrogen-bond acceptors (Lipinski definition) is 9. The van der Waals surface area contributed by atoms with Gasteiger partial charge in [0, 0.05) is 34.2 Å². The zero-order valence-corrected chi connectivity index (χ0v) is 23.5. The number of aromatic nitrogens is 4. The van der Waals surface area contributed by atoms with Gasteiger partial charge in [0.25, 0.3) is 5.89 Å². The van der Waals surface area contributed by atoms with Crippen LogP contribution in [0.25, 0.3) is 34.3 Å². The van der Waals surface area contributed by atoms with Gasteiger partial charge in [0.05, 0.1) is 27.4 Å². The van der Waals surface area contributed by atoms with Crippen LogP contribution < -0.4 is 11.1 Å². The lowest BCUT2D eigenvalue weighted by molar-refractivity contribution is 0.234. The first kappa shape index (κ1) is 26.7. The van der Waals surface area contributed by atoms with Gasteiger partial charge in [-0.2, -0.15) is 0 Å². The van der Waals surface area contributed by atoms with Crippen LogP contribution in [0, 0.1) is 0 Å². The van der Waals surface area contributed by atoms with E-state index in [1.807, 2.05) is 12.1 Å². The molecule has 3 N–H and O–H groups in total. The molecule has 2 aromatic carbocycles. The zero-order chi connectivity index (χ0) is 28.0. The van der Waals surface area contributed by atoms with Crippen LogP contribution in [0.3, 0.4) is 0 Å². The van der Waals surface area contributed by atoms with Gasteiger partial charge in [-0.25, -0.2) is 14.4 Å². The Bertz CT molecular complexity index is 1570. The molecular formula is C29H32FN7O2S. The van der Waals surface area contributed by atoms with Crippen LogP contribution in [0.2, 0.25) is 0 Å². The van der Waals surface area contributed by atoms with Crippen molar-refractivity contribution in [3.8, 4) is 34.3 Å². The third-order valence-electron chi connectivity index (χ3n) is 7.81. The highest BCUT2D eigenvalue weighted by atomic mass is 32.2. The molecule has 0 saturated carbocycles. The highest BCUT2D eigenvalue weighted by molar-refractivity contribution is 7.86. The van der Waals surface area contributed by atoms with Gasteiger partial charge in [0.1, 0.15) is 6.17 Å². The van der Waals surface area contributed by atoms with E-state index < -0.39 is 21.7 Å². The second kappa shape index (κ2) is 10.5. The van der Waals surface area contributed by atoms with Crippen LogP contribution in [-0.2, 0) is 17.3 Å². The minimum atomic E-state index is -1.43.